The molecule has 3 aromatic rings. The van der Waals surface area contributed by atoms with E-state index in [1.807, 2.05) is 55.5 Å². The second-order valence-corrected chi connectivity index (χ2v) is 7.82. The molecule has 29 heavy (non-hydrogen) atoms. The van der Waals surface area contributed by atoms with Crippen LogP contribution in [0.3, 0.4) is 0 Å². The Morgan fingerprint density at radius 3 is 2.69 bits per heavy atom. The highest BCUT2D eigenvalue weighted by Crippen LogP contribution is 2.47. The summed E-state index contributed by atoms with van der Waals surface area (Å²) in [6, 6.07) is 15.3. The van der Waals surface area contributed by atoms with Crippen LogP contribution < -0.4 is 20.1 Å². The molecule has 6 heteroatoms. The predicted octanol–water partition coefficient (Wildman–Crippen LogP) is 4.76. The summed E-state index contributed by atoms with van der Waals surface area (Å²) in [5.41, 5.74) is 1.55. The molecule has 6 nitrogen and oxygen atoms in total. The summed E-state index contributed by atoms with van der Waals surface area (Å²) < 4.78 is 17.9. The Morgan fingerprint density at radius 1 is 1.07 bits per heavy atom. The van der Waals surface area contributed by atoms with Crippen molar-refractivity contribution in [2.45, 2.75) is 44.4 Å². The summed E-state index contributed by atoms with van der Waals surface area (Å²) >= 11 is 0. The molecular formula is C23H24N2O4. The number of nitrogens with one attached hydrogen (secondary N) is 2. The molecule has 2 aliphatic rings. The van der Waals surface area contributed by atoms with Crippen LogP contribution in [0, 0.1) is 0 Å². The third-order valence-corrected chi connectivity index (χ3v) is 5.62. The highest BCUT2D eigenvalue weighted by Gasteiger charge is 2.44. The van der Waals surface area contributed by atoms with Crippen molar-refractivity contribution in [3.8, 4) is 11.5 Å². The topological polar surface area (TPSA) is 72.7 Å². The summed E-state index contributed by atoms with van der Waals surface area (Å²) in [6.07, 6.45) is 4.05. The van der Waals surface area contributed by atoms with Crippen LogP contribution in [0.4, 0.5) is 5.69 Å². The maximum absolute atomic E-state index is 12.4. The maximum atomic E-state index is 12.4. The molecule has 1 spiro atoms. The molecule has 2 N–H and O–H groups in total. The third kappa shape index (κ3) is 3.56. The van der Waals surface area contributed by atoms with Crippen molar-refractivity contribution in [3.63, 3.8) is 0 Å². The molecule has 2 heterocycles. The first kappa shape index (κ1) is 18.1. The Morgan fingerprint density at radius 2 is 1.86 bits per heavy atom. The molecular weight excluding hydrogens is 368 g/mol. The van der Waals surface area contributed by atoms with Gasteiger partial charge in [0.15, 0.2) is 11.5 Å². The average molecular weight is 392 g/mol. The molecule has 150 valence electrons. The summed E-state index contributed by atoms with van der Waals surface area (Å²) in [7, 11) is 0. The van der Waals surface area contributed by atoms with E-state index < -0.39 is 5.79 Å². The molecule has 0 radical (unpaired) electrons. The zero-order valence-electron chi connectivity index (χ0n) is 16.4. The van der Waals surface area contributed by atoms with Crippen molar-refractivity contribution in [2.75, 3.05) is 11.9 Å². The molecule has 1 unspecified atom stereocenters. The zero-order valence-corrected chi connectivity index (χ0v) is 16.4. The lowest BCUT2D eigenvalue weighted by Crippen LogP contribution is -2.34. The number of carbonyl (C=O) groups excluding carboxylic acids is 1. The molecule has 0 bridgehead atoms. The molecule has 1 aromatic heterocycles. The number of hydrogen-bond acceptors (Lipinski definition) is 5. The van der Waals surface area contributed by atoms with Gasteiger partial charge in [-0.05, 0) is 44.0 Å². The Bertz CT molecular complexity index is 1020. The number of furan rings is 1. The van der Waals surface area contributed by atoms with Gasteiger partial charge in [-0.1, -0.05) is 18.2 Å². The minimum Gasteiger partial charge on any atom is -0.459 e. The van der Waals surface area contributed by atoms with Gasteiger partial charge in [0.05, 0.1) is 12.6 Å². The second-order valence-electron chi connectivity index (χ2n) is 7.82. The number of anilines is 1. The molecule has 0 saturated heterocycles. The lowest BCUT2D eigenvalue weighted by Gasteiger charge is -2.21. The summed E-state index contributed by atoms with van der Waals surface area (Å²) in [4.78, 5) is 12.4. The minimum absolute atomic E-state index is 0.0767. The largest absolute Gasteiger partial charge is 0.459 e. The first-order valence-electron chi connectivity index (χ1n) is 10.1. The van der Waals surface area contributed by atoms with E-state index in [0.29, 0.717) is 11.4 Å². The van der Waals surface area contributed by atoms with Gasteiger partial charge in [-0.25, -0.2) is 0 Å². The van der Waals surface area contributed by atoms with Crippen LogP contribution in [-0.2, 0) is 4.79 Å². The molecule has 5 rings (SSSR count). The predicted molar refractivity (Wildman–Crippen MR) is 110 cm³/mol. The fourth-order valence-electron chi connectivity index (χ4n) is 4.06. The molecule has 1 saturated carbocycles. The van der Waals surface area contributed by atoms with Crippen LogP contribution >= 0.6 is 0 Å². The van der Waals surface area contributed by atoms with Crippen molar-refractivity contribution in [1.82, 2.24) is 5.32 Å². The number of ether oxygens (including phenoxy) is 2. The lowest BCUT2D eigenvalue weighted by molar-refractivity contribution is -0.115. The SMILES string of the molecule is CC(NCC(=O)Nc1ccc2c(c1)OC1(CCCC1)O2)c1cc2ccccc2o1. The smallest absolute Gasteiger partial charge is 0.251 e. The third-order valence-electron chi connectivity index (χ3n) is 5.62. The van der Waals surface area contributed by atoms with Crippen molar-refractivity contribution >= 4 is 22.6 Å². The van der Waals surface area contributed by atoms with Crippen LogP contribution in [-0.4, -0.2) is 18.2 Å². The van der Waals surface area contributed by atoms with E-state index in [0.717, 1.165) is 48.2 Å². The maximum Gasteiger partial charge on any atom is 0.251 e. The van der Waals surface area contributed by atoms with E-state index in [1.165, 1.54) is 0 Å². The number of rotatable bonds is 5. The second kappa shape index (κ2) is 7.12. The Balaban J connectivity index is 1.18. The van der Waals surface area contributed by atoms with Gasteiger partial charge in [0, 0.05) is 30.0 Å². The van der Waals surface area contributed by atoms with E-state index in [4.69, 9.17) is 13.9 Å². The fraction of sp³-hybridized carbons (Fsp3) is 0.348. The summed E-state index contributed by atoms with van der Waals surface area (Å²) in [6.45, 7) is 2.16. The van der Waals surface area contributed by atoms with E-state index >= 15 is 0 Å². The van der Waals surface area contributed by atoms with Gasteiger partial charge in [0.1, 0.15) is 11.3 Å². The lowest BCUT2D eigenvalue weighted by atomic mass is 10.2. The van der Waals surface area contributed by atoms with Crippen LogP contribution in [0.5, 0.6) is 11.5 Å². The van der Waals surface area contributed by atoms with Gasteiger partial charge in [0.25, 0.3) is 5.79 Å². The van der Waals surface area contributed by atoms with E-state index in [9.17, 15) is 4.79 Å². The van der Waals surface area contributed by atoms with Crippen LogP contribution in [0.2, 0.25) is 0 Å². The van der Waals surface area contributed by atoms with Gasteiger partial charge >= 0.3 is 0 Å². The van der Waals surface area contributed by atoms with Gasteiger partial charge < -0.3 is 19.2 Å². The Kier molecular flexibility index (Phi) is 4.43. The normalized spacial score (nSPS) is 17.7. The fourth-order valence-corrected chi connectivity index (χ4v) is 4.06. The molecule has 1 aliphatic carbocycles. The van der Waals surface area contributed by atoms with E-state index in [1.54, 1.807) is 0 Å². The Labute approximate surface area is 169 Å². The molecule has 1 atom stereocenters. The number of hydrogen-bond donors (Lipinski definition) is 2. The van der Waals surface area contributed by atoms with E-state index in [-0.39, 0.29) is 18.5 Å². The summed E-state index contributed by atoms with van der Waals surface area (Å²) in [5, 5.41) is 7.18. The van der Waals surface area contributed by atoms with Crippen molar-refractivity contribution in [2.24, 2.45) is 0 Å². The molecule has 1 fully saturated rings. The van der Waals surface area contributed by atoms with Crippen molar-refractivity contribution in [1.29, 1.82) is 0 Å². The first-order chi connectivity index (χ1) is 14.1. The zero-order chi connectivity index (χ0) is 19.8. The van der Waals surface area contributed by atoms with Gasteiger partial charge in [0.2, 0.25) is 5.91 Å². The van der Waals surface area contributed by atoms with Crippen LogP contribution in [0.1, 0.15) is 44.4 Å². The average Bonchev–Trinajstić information content (AvgIpc) is 3.43. The monoisotopic (exact) mass is 392 g/mol. The van der Waals surface area contributed by atoms with Gasteiger partial charge in [-0.3, -0.25) is 10.1 Å². The molecule has 2 aromatic carbocycles. The number of amides is 1. The summed E-state index contributed by atoms with van der Waals surface area (Å²) in [5.74, 6) is 1.65. The number of carbonyl (C=O) groups is 1. The quantitative estimate of drug-likeness (QED) is 0.655. The minimum atomic E-state index is -0.492. The van der Waals surface area contributed by atoms with Gasteiger partial charge in [-0.2, -0.15) is 0 Å². The van der Waals surface area contributed by atoms with E-state index in [2.05, 4.69) is 10.6 Å². The molecule has 1 aliphatic heterocycles. The highest BCUT2D eigenvalue weighted by molar-refractivity contribution is 5.92. The number of fused-ring (bicyclic) bond motifs is 2. The highest BCUT2D eigenvalue weighted by atomic mass is 16.7. The first-order valence-corrected chi connectivity index (χ1v) is 10.1. The van der Waals surface area contributed by atoms with Gasteiger partial charge in [-0.15, -0.1) is 0 Å². The van der Waals surface area contributed by atoms with Crippen molar-refractivity contribution in [3.05, 3.63) is 54.3 Å². The Hall–Kier alpha value is -2.99. The standard InChI is InChI=1S/C23H24N2O4/c1-15(20-12-16-6-2-3-7-18(16)27-20)24-14-22(26)25-17-8-9-19-21(13-17)29-23(28-19)10-4-5-11-23/h2-3,6-9,12-13,15,24H,4-5,10-11,14H2,1H3,(H,25,26). The van der Waals surface area contributed by atoms with Crippen molar-refractivity contribution < 1.29 is 18.7 Å². The number of benzene rings is 2. The number of para-hydroxylation sites is 1. The molecule has 1 amide bonds. The van der Waals surface area contributed by atoms with Crippen LogP contribution in [0.25, 0.3) is 11.0 Å². The van der Waals surface area contributed by atoms with Crippen LogP contribution in [0.15, 0.2) is 52.9 Å².